The van der Waals surface area contributed by atoms with Gasteiger partial charge in [-0.2, -0.15) is 0 Å². The summed E-state index contributed by atoms with van der Waals surface area (Å²) < 4.78 is 6.45. The normalized spacial score (nSPS) is 10.9. The number of fused-ring (bicyclic) bond motifs is 1. The first-order valence-electron chi connectivity index (χ1n) is 8.62. The molecule has 0 radical (unpaired) electrons. The van der Waals surface area contributed by atoms with Gasteiger partial charge in [-0.3, -0.25) is 0 Å². The van der Waals surface area contributed by atoms with Crippen LogP contribution < -0.4 is 4.74 Å². The van der Waals surface area contributed by atoms with Crippen LogP contribution in [0.15, 0.2) is 65.1 Å². The molecule has 0 bridgehead atoms. The number of carboxylic acids is 1. The molecule has 8 heteroatoms. The largest absolute Gasteiger partial charge is 0.505 e. The SMILES string of the molecule is O=C(O)c1c(O)c(-c2ccc(Oc3ccc(Cl)cc3Cl)cc2)nc2ccc(Br)cc12. The molecular formula is C22H12BrCl2NO4. The van der Waals surface area contributed by atoms with Crippen molar-refractivity contribution >= 4 is 56.0 Å². The van der Waals surface area contributed by atoms with E-state index in [1.807, 2.05) is 0 Å². The molecular weight excluding hydrogens is 493 g/mol. The Morgan fingerprint density at radius 2 is 1.73 bits per heavy atom. The topological polar surface area (TPSA) is 79.7 Å². The van der Waals surface area contributed by atoms with Crippen molar-refractivity contribution in [3.05, 3.63) is 80.7 Å². The van der Waals surface area contributed by atoms with Gasteiger partial charge in [-0.25, -0.2) is 9.78 Å². The summed E-state index contributed by atoms with van der Waals surface area (Å²) in [5.41, 5.74) is 0.953. The summed E-state index contributed by atoms with van der Waals surface area (Å²) in [4.78, 5) is 16.3. The second kappa shape index (κ2) is 8.14. The van der Waals surface area contributed by atoms with E-state index in [1.54, 1.807) is 60.7 Å². The standard InChI is InChI=1S/C22H12BrCl2NO4/c23-12-3-7-17-15(9-12)19(22(28)29)21(27)20(26-17)11-1-5-14(6-2-11)30-18-8-4-13(24)10-16(18)25/h1-10,27H,(H,28,29). The van der Waals surface area contributed by atoms with E-state index in [1.165, 1.54) is 0 Å². The van der Waals surface area contributed by atoms with Crippen LogP contribution in [0.4, 0.5) is 0 Å². The molecule has 0 fully saturated rings. The number of aromatic hydroxyl groups is 1. The molecule has 0 saturated carbocycles. The van der Waals surface area contributed by atoms with Gasteiger partial charge in [0.2, 0.25) is 0 Å². The molecule has 4 aromatic rings. The first kappa shape index (κ1) is 20.5. The van der Waals surface area contributed by atoms with E-state index < -0.39 is 11.7 Å². The van der Waals surface area contributed by atoms with E-state index >= 15 is 0 Å². The minimum atomic E-state index is -1.24. The van der Waals surface area contributed by atoms with Crippen molar-refractivity contribution in [1.29, 1.82) is 0 Å². The quantitative estimate of drug-likeness (QED) is 0.308. The van der Waals surface area contributed by atoms with Crippen molar-refractivity contribution in [3.63, 3.8) is 0 Å². The Balaban J connectivity index is 1.74. The van der Waals surface area contributed by atoms with Crippen LogP contribution in [-0.4, -0.2) is 21.2 Å². The van der Waals surface area contributed by atoms with E-state index in [2.05, 4.69) is 20.9 Å². The van der Waals surface area contributed by atoms with Crippen LogP contribution in [-0.2, 0) is 0 Å². The summed E-state index contributed by atoms with van der Waals surface area (Å²) in [6.07, 6.45) is 0. The molecule has 0 aliphatic rings. The molecule has 3 aromatic carbocycles. The molecule has 0 saturated heterocycles. The zero-order valence-corrected chi connectivity index (χ0v) is 18.2. The number of halogens is 3. The smallest absolute Gasteiger partial charge is 0.340 e. The summed E-state index contributed by atoms with van der Waals surface area (Å²) >= 11 is 15.3. The van der Waals surface area contributed by atoms with Crippen LogP contribution in [0, 0.1) is 0 Å². The average molecular weight is 505 g/mol. The van der Waals surface area contributed by atoms with Crippen molar-refractivity contribution in [3.8, 4) is 28.5 Å². The molecule has 0 unspecified atom stereocenters. The Morgan fingerprint density at radius 1 is 1.00 bits per heavy atom. The van der Waals surface area contributed by atoms with Gasteiger partial charge in [-0.15, -0.1) is 0 Å². The van der Waals surface area contributed by atoms with Crippen LogP contribution in [0.2, 0.25) is 10.0 Å². The van der Waals surface area contributed by atoms with Crippen molar-refractivity contribution in [2.45, 2.75) is 0 Å². The van der Waals surface area contributed by atoms with E-state index in [-0.39, 0.29) is 11.3 Å². The summed E-state index contributed by atoms with van der Waals surface area (Å²) in [5, 5.41) is 21.5. The number of ether oxygens (including phenoxy) is 1. The Kier molecular flexibility index (Phi) is 5.56. The predicted octanol–water partition coefficient (Wildman–Crippen LogP) is 7.17. The number of aromatic nitrogens is 1. The fourth-order valence-corrected chi connectivity index (χ4v) is 3.82. The maximum absolute atomic E-state index is 11.8. The number of rotatable bonds is 4. The number of hydrogen-bond acceptors (Lipinski definition) is 4. The number of carbonyl (C=O) groups is 1. The molecule has 0 aliphatic carbocycles. The molecule has 4 rings (SSSR count). The summed E-state index contributed by atoms with van der Waals surface area (Å²) in [6.45, 7) is 0. The maximum atomic E-state index is 11.8. The third kappa shape index (κ3) is 3.94. The molecule has 0 amide bonds. The molecule has 150 valence electrons. The first-order valence-corrected chi connectivity index (χ1v) is 10.2. The monoisotopic (exact) mass is 503 g/mol. The van der Waals surface area contributed by atoms with E-state index in [0.717, 1.165) is 0 Å². The molecule has 0 atom stereocenters. The van der Waals surface area contributed by atoms with E-state index in [0.29, 0.717) is 42.5 Å². The molecule has 30 heavy (non-hydrogen) atoms. The van der Waals surface area contributed by atoms with Gasteiger partial charge in [0.05, 0.1) is 10.5 Å². The average Bonchev–Trinajstić information content (AvgIpc) is 2.70. The van der Waals surface area contributed by atoms with Crippen molar-refractivity contribution in [2.75, 3.05) is 0 Å². The molecule has 5 nitrogen and oxygen atoms in total. The highest BCUT2D eigenvalue weighted by Gasteiger charge is 2.21. The second-order valence-electron chi connectivity index (χ2n) is 6.35. The number of benzene rings is 3. The van der Waals surface area contributed by atoms with Gasteiger partial charge >= 0.3 is 5.97 Å². The van der Waals surface area contributed by atoms with Crippen molar-refractivity contribution in [2.24, 2.45) is 0 Å². The van der Waals surface area contributed by atoms with Gasteiger partial charge < -0.3 is 14.9 Å². The van der Waals surface area contributed by atoms with Crippen LogP contribution >= 0.6 is 39.1 Å². The first-order chi connectivity index (χ1) is 14.3. The number of hydrogen-bond donors (Lipinski definition) is 2. The minimum absolute atomic E-state index is 0.165. The number of pyridine rings is 1. The minimum Gasteiger partial charge on any atom is -0.505 e. The zero-order valence-electron chi connectivity index (χ0n) is 15.1. The van der Waals surface area contributed by atoms with Crippen molar-refractivity contribution < 1.29 is 19.7 Å². The summed E-state index contributed by atoms with van der Waals surface area (Å²) in [6, 6.07) is 16.7. The number of aromatic carboxylic acids is 1. The molecule has 1 heterocycles. The van der Waals surface area contributed by atoms with Gasteiger partial charge in [0.25, 0.3) is 0 Å². The fraction of sp³-hybridized carbons (Fsp3) is 0. The van der Waals surface area contributed by atoms with Crippen LogP contribution in [0.25, 0.3) is 22.2 Å². The van der Waals surface area contributed by atoms with Gasteiger partial charge in [-0.05, 0) is 60.7 Å². The van der Waals surface area contributed by atoms with E-state index in [4.69, 9.17) is 27.9 Å². The molecule has 0 aliphatic heterocycles. The summed E-state index contributed by atoms with van der Waals surface area (Å²) in [7, 11) is 0. The molecule has 0 spiro atoms. The van der Waals surface area contributed by atoms with Crippen molar-refractivity contribution in [1.82, 2.24) is 4.98 Å². The molecule has 1 aromatic heterocycles. The number of carboxylic acid groups (broad SMARTS) is 1. The van der Waals surface area contributed by atoms with E-state index in [9.17, 15) is 15.0 Å². The fourth-order valence-electron chi connectivity index (χ4n) is 3.01. The van der Waals surface area contributed by atoms with Gasteiger partial charge in [0.15, 0.2) is 5.75 Å². The lowest BCUT2D eigenvalue weighted by Gasteiger charge is -2.12. The van der Waals surface area contributed by atoms with Crippen LogP contribution in [0.3, 0.4) is 0 Å². The van der Waals surface area contributed by atoms with Gasteiger partial charge in [0.1, 0.15) is 22.8 Å². The Labute approximate surface area is 189 Å². The Hall–Kier alpha value is -2.80. The predicted molar refractivity (Wildman–Crippen MR) is 120 cm³/mol. The highest BCUT2D eigenvalue weighted by atomic mass is 79.9. The lowest BCUT2D eigenvalue weighted by molar-refractivity contribution is 0.0696. The third-order valence-electron chi connectivity index (χ3n) is 4.38. The lowest BCUT2D eigenvalue weighted by atomic mass is 10.0. The zero-order chi connectivity index (χ0) is 21.4. The Bertz CT molecular complexity index is 1290. The lowest BCUT2D eigenvalue weighted by Crippen LogP contribution is -2.02. The third-order valence-corrected chi connectivity index (χ3v) is 5.41. The maximum Gasteiger partial charge on any atom is 0.340 e. The second-order valence-corrected chi connectivity index (χ2v) is 8.11. The van der Waals surface area contributed by atoms with Gasteiger partial charge in [0, 0.05) is 20.4 Å². The Morgan fingerprint density at radius 3 is 2.40 bits per heavy atom. The van der Waals surface area contributed by atoms with Gasteiger partial charge in [-0.1, -0.05) is 39.1 Å². The number of nitrogens with zero attached hydrogens (tertiary/aromatic N) is 1. The summed E-state index contributed by atoms with van der Waals surface area (Å²) in [5.74, 6) is -0.691. The highest BCUT2D eigenvalue weighted by Crippen LogP contribution is 2.38. The highest BCUT2D eigenvalue weighted by molar-refractivity contribution is 9.10. The van der Waals surface area contributed by atoms with Crippen LogP contribution in [0.1, 0.15) is 10.4 Å². The van der Waals surface area contributed by atoms with Crippen LogP contribution in [0.5, 0.6) is 17.2 Å². The molecule has 2 N–H and O–H groups in total.